The van der Waals surface area contributed by atoms with Crippen LogP contribution in [0.1, 0.15) is 35.6 Å². The minimum Gasteiger partial charge on any atom is -0.352 e. The number of carbonyl (C=O) groups is 1. The molecule has 1 N–H and O–H groups in total. The highest BCUT2D eigenvalue weighted by Crippen LogP contribution is 2.28. The molecular formula is C12H15F3N2O. The number of hydrogen-bond donors (Lipinski definition) is 1. The summed E-state index contributed by atoms with van der Waals surface area (Å²) in [6.07, 6.45) is -4.49. The molecule has 1 rings (SSSR count). The summed E-state index contributed by atoms with van der Waals surface area (Å²) < 4.78 is 37.2. The number of nitrogens with one attached hydrogen (secondary N) is 1. The number of carbonyl (C=O) groups excluding carboxylic acids is 1. The van der Waals surface area contributed by atoms with E-state index in [1.54, 1.807) is 0 Å². The fourth-order valence-corrected chi connectivity index (χ4v) is 1.35. The molecule has 0 unspecified atom stereocenters. The summed E-state index contributed by atoms with van der Waals surface area (Å²) in [5.74, 6) is -0.126. The molecule has 0 aliphatic heterocycles. The van der Waals surface area contributed by atoms with E-state index in [9.17, 15) is 18.0 Å². The van der Waals surface area contributed by atoms with E-state index in [1.165, 1.54) is 6.92 Å². The molecule has 0 aliphatic carbocycles. The average molecular weight is 260 g/mol. The van der Waals surface area contributed by atoms with Gasteiger partial charge in [0, 0.05) is 6.54 Å². The molecule has 1 aromatic rings. The zero-order valence-electron chi connectivity index (χ0n) is 10.4. The summed E-state index contributed by atoms with van der Waals surface area (Å²) in [6, 6.07) is 1.97. The van der Waals surface area contributed by atoms with Gasteiger partial charge in [-0.05, 0) is 25.0 Å². The Morgan fingerprint density at radius 1 is 1.39 bits per heavy atom. The lowest BCUT2D eigenvalue weighted by molar-refractivity contribution is -0.141. The van der Waals surface area contributed by atoms with Crippen molar-refractivity contribution in [2.75, 3.05) is 6.54 Å². The summed E-state index contributed by atoms with van der Waals surface area (Å²) in [6.45, 7) is 5.72. The predicted octanol–water partition coefficient (Wildman–Crippen LogP) is 2.79. The van der Waals surface area contributed by atoms with Gasteiger partial charge in [-0.25, -0.2) is 4.98 Å². The third-order valence-electron chi connectivity index (χ3n) is 2.29. The fourth-order valence-electron chi connectivity index (χ4n) is 1.35. The van der Waals surface area contributed by atoms with Crippen molar-refractivity contribution in [2.24, 2.45) is 5.92 Å². The molecule has 0 aromatic carbocycles. The summed E-state index contributed by atoms with van der Waals surface area (Å²) in [5.41, 5.74) is -0.741. The lowest BCUT2D eigenvalue weighted by Gasteiger charge is -2.11. The van der Waals surface area contributed by atoms with Crippen LogP contribution in [-0.4, -0.2) is 17.4 Å². The summed E-state index contributed by atoms with van der Waals surface area (Å²) in [4.78, 5) is 15.1. The topological polar surface area (TPSA) is 42.0 Å². The molecule has 0 fully saturated rings. The van der Waals surface area contributed by atoms with Gasteiger partial charge in [0.05, 0.1) is 11.3 Å². The Bertz CT molecular complexity index is 441. The van der Waals surface area contributed by atoms with E-state index in [1.807, 2.05) is 13.8 Å². The van der Waals surface area contributed by atoms with Crippen molar-refractivity contribution in [3.05, 3.63) is 29.1 Å². The van der Waals surface area contributed by atoms with E-state index < -0.39 is 17.8 Å². The van der Waals surface area contributed by atoms with Crippen LogP contribution in [0.4, 0.5) is 13.2 Å². The van der Waals surface area contributed by atoms with Crippen molar-refractivity contribution in [2.45, 2.75) is 26.9 Å². The predicted molar refractivity (Wildman–Crippen MR) is 61.1 cm³/mol. The molecule has 6 heteroatoms. The lowest BCUT2D eigenvalue weighted by atomic mass is 10.1. The molecule has 100 valence electrons. The Balaban J connectivity index is 2.89. The van der Waals surface area contributed by atoms with Crippen LogP contribution in [0.2, 0.25) is 0 Å². The largest absolute Gasteiger partial charge is 0.433 e. The number of aromatic nitrogens is 1. The Morgan fingerprint density at radius 3 is 2.44 bits per heavy atom. The van der Waals surface area contributed by atoms with Gasteiger partial charge in [0.1, 0.15) is 5.69 Å². The van der Waals surface area contributed by atoms with Crippen LogP contribution >= 0.6 is 0 Å². The summed E-state index contributed by atoms with van der Waals surface area (Å²) in [7, 11) is 0. The number of halogens is 3. The fraction of sp³-hybridized carbons (Fsp3) is 0.500. The number of alkyl halides is 3. The molecule has 1 aromatic heterocycles. The maximum atomic E-state index is 12.4. The third kappa shape index (κ3) is 3.72. The monoisotopic (exact) mass is 260 g/mol. The molecule has 18 heavy (non-hydrogen) atoms. The third-order valence-corrected chi connectivity index (χ3v) is 2.29. The van der Waals surface area contributed by atoms with Gasteiger partial charge in [0.15, 0.2) is 0 Å². The number of nitrogens with zero attached hydrogens (tertiary/aromatic N) is 1. The van der Waals surface area contributed by atoms with E-state index in [4.69, 9.17) is 0 Å². The summed E-state index contributed by atoms with van der Waals surface area (Å²) in [5, 5.41) is 2.64. The first-order chi connectivity index (χ1) is 8.21. The Hall–Kier alpha value is -1.59. The molecule has 0 radical (unpaired) electrons. The van der Waals surface area contributed by atoms with Crippen molar-refractivity contribution in [3.8, 4) is 0 Å². The van der Waals surface area contributed by atoms with Crippen LogP contribution in [0, 0.1) is 12.8 Å². The van der Waals surface area contributed by atoms with Crippen LogP contribution in [0.15, 0.2) is 12.1 Å². The van der Waals surface area contributed by atoms with Crippen molar-refractivity contribution in [3.63, 3.8) is 0 Å². The van der Waals surface area contributed by atoms with Gasteiger partial charge in [-0.3, -0.25) is 4.79 Å². The number of aryl methyl sites for hydroxylation is 1. The molecule has 3 nitrogen and oxygen atoms in total. The first-order valence-corrected chi connectivity index (χ1v) is 5.55. The highest BCUT2D eigenvalue weighted by molar-refractivity contribution is 5.95. The van der Waals surface area contributed by atoms with Crippen LogP contribution in [0.5, 0.6) is 0 Å². The number of hydrogen-bond acceptors (Lipinski definition) is 2. The Labute approximate surface area is 103 Å². The zero-order valence-corrected chi connectivity index (χ0v) is 10.4. The van der Waals surface area contributed by atoms with E-state index in [2.05, 4.69) is 10.3 Å². The van der Waals surface area contributed by atoms with Gasteiger partial charge in [-0.15, -0.1) is 0 Å². The molecule has 0 saturated carbocycles. The minimum absolute atomic E-state index is 0.0751. The van der Waals surface area contributed by atoms with Crippen molar-refractivity contribution in [1.82, 2.24) is 10.3 Å². The molecule has 1 heterocycles. The van der Waals surface area contributed by atoms with E-state index in [0.29, 0.717) is 6.54 Å². The van der Waals surface area contributed by atoms with Gasteiger partial charge in [-0.2, -0.15) is 13.2 Å². The SMILES string of the molecule is Cc1nc(C(F)(F)F)ccc1C(=O)NCC(C)C. The van der Waals surface area contributed by atoms with Crippen LogP contribution < -0.4 is 5.32 Å². The van der Waals surface area contributed by atoms with Crippen molar-refractivity contribution < 1.29 is 18.0 Å². The van der Waals surface area contributed by atoms with Gasteiger partial charge in [0.25, 0.3) is 5.91 Å². The molecule has 0 bridgehead atoms. The Morgan fingerprint density at radius 2 is 2.00 bits per heavy atom. The maximum absolute atomic E-state index is 12.4. The van der Waals surface area contributed by atoms with E-state index in [0.717, 1.165) is 12.1 Å². The van der Waals surface area contributed by atoms with Gasteiger partial charge in [0.2, 0.25) is 0 Å². The molecule has 0 spiro atoms. The van der Waals surface area contributed by atoms with Crippen molar-refractivity contribution in [1.29, 1.82) is 0 Å². The van der Waals surface area contributed by atoms with E-state index in [-0.39, 0.29) is 17.2 Å². The van der Waals surface area contributed by atoms with Crippen LogP contribution in [-0.2, 0) is 6.18 Å². The first kappa shape index (κ1) is 14.5. The van der Waals surface area contributed by atoms with Gasteiger partial charge in [-0.1, -0.05) is 13.8 Å². The molecular weight excluding hydrogens is 245 g/mol. The Kier molecular flexibility index (Phi) is 4.32. The minimum atomic E-state index is -4.49. The molecule has 0 atom stereocenters. The van der Waals surface area contributed by atoms with Crippen LogP contribution in [0.25, 0.3) is 0 Å². The second-order valence-electron chi connectivity index (χ2n) is 4.43. The van der Waals surface area contributed by atoms with Gasteiger partial charge < -0.3 is 5.32 Å². The second-order valence-corrected chi connectivity index (χ2v) is 4.43. The zero-order chi connectivity index (χ0) is 13.9. The highest BCUT2D eigenvalue weighted by atomic mass is 19.4. The lowest BCUT2D eigenvalue weighted by Crippen LogP contribution is -2.28. The average Bonchev–Trinajstić information content (AvgIpc) is 2.24. The quantitative estimate of drug-likeness (QED) is 0.908. The first-order valence-electron chi connectivity index (χ1n) is 5.55. The number of amides is 1. The second kappa shape index (κ2) is 5.37. The standard InChI is InChI=1S/C12H15F3N2O/c1-7(2)6-16-11(18)9-4-5-10(12(13,14)15)17-8(9)3/h4-5,7H,6H2,1-3H3,(H,16,18). The highest BCUT2D eigenvalue weighted by Gasteiger charge is 2.33. The van der Waals surface area contributed by atoms with Crippen molar-refractivity contribution >= 4 is 5.91 Å². The molecule has 1 amide bonds. The molecule has 0 saturated heterocycles. The van der Waals surface area contributed by atoms with Gasteiger partial charge >= 0.3 is 6.18 Å². The molecule has 0 aliphatic rings. The number of pyridine rings is 1. The van der Waals surface area contributed by atoms with Crippen LogP contribution in [0.3, 0.4) is 0 Å². The normalized spacial score (nSPS) is 11.7. The summed E-state index contributed by atoms with van der Waals surface area (Å²) >= 11 is 0. The maximum Gasteiger partial charge on any atom is 0.433 e. The smallest absolute Gasteiger partial charge is 0.352 e. The van der Waals surface area contributed by atoms with E-state index >= 15 is 0 Å². The number of rotatable bonds is 3.